The van der Waals surface area contributed by atoms with Gasteiger partial charge in [-0.05, 0) is 32.1 Å². The molecule has 4 nitrogen and oxygen atoms in total. The van der Waals surface area contributed by atoms with E-state index in [0.29, 0.717) is 12.8 Å². The van der Waals surface area contributed by atoms with Crippen LogP contribution >= 0.6 is 0 Å². The number of carbonyl (C=O) groups is 2. The summed E-state index contributed by atoms with van der Waals surface area (Å²) in [4.78, 5) is 21.1. The van der Waals surface area contributed by atoms with Crippen LogP contribution in [-0.4, -0.2) is 18.0 Å². The van der Waals surface area contributed by atoms with Gasteiger partial charge in [-0.2, -0.15) is 0 Å². The summed E-state index contributed by atoms with van der Waals surface area (Å²) in [7, 11) is 0. The Bertz CT molecular complexity index is 219. The molecule has 0 aliphatic heterocycles. The zero-order valence-electron chi connectivity index (χ0n) is 11.2. The van der Waals surface area contributed by atoms with Gasteiger partial charge in [0.25, 0.3) is 0 Å². The van der Waals surface area contributed by atoms with E-state index in [4.69, 9.17) is 4.74 Å². The fourth-order valence-corrected chi connectivity index (χ4v) is 1.59. The second-order valence-electron chi connectivity index (χ2n) is 3.99. The molecule has 0 bridgehead atoms. The maximum absolute atomic E-state index is 10.8. The molecule has 0 aromatic carbocycles. The van der Waals surface area contributed by atoms with Crippen molar-refractivity contribution < 1.29 is 49.0 Å². The van der Waals surface area contributed by atoms with Gasteiger partial charge in [0.2, 0.25) is 0 Å². The monoisotopic (exact) mass is 252 g/mol. The van der Waals surface area contributed by atoms with E-state index in [-0.39, 0.29) is 48.1 Å². The van der Waals surface area contributed by atoms with Gasteiger partial charge in [0.05, 0.1) is 0 Å². The predicted octanol–water partition coefficient (Wildman–Crippen LogP) is -1.58. The molecule has 0 heterocycles. The Morgan fingerprint density at radius 1 is 1.18 bits per heavy atom. The summed E-state index contributed by atoms with van der Waals surface area (Å²) in [5.74, 6) is -1.34. The van der Waals surface area contributed by atoms with Gasteiger partial charge in [-0.3, -0.25) is 4.79 Å². The van der Waals surface area contributed by atoms with E-state index in [0.717, 1.165) is 25.7 Å². The van der Waals surface area contributed by atoms with Crippen molar-refractivity contribution in [3.8, 4) is 0 Å². The van der Waals surface area contributed by atoms with Crippen LogP contribution in [-0.2, 0) is 14.3 Å². The average molecular weight is 252 g/mol. The number of carbonyl (C=O) groups excluding carboxylic acids is 2. The van der Waals surface area contributed by atoms with Crippen LogP contribution in [0.5, 0.6) is 0 Å². The molecule has 0 saturated carbocycles. The number of aliphatic carboxylic acids is 1. The number of ether oxygens (including phenoxy) is 1. The SMILES string of the molecule is CCCCCC(CCCC(=O)[O-])OC(C)=O.[Na+]. The Labute approximate surface area is 125 Å². The van der Waals surface area contributed by atoms with Crippen molar-refractivity contribution in [2.24, 2.45) is 0 Å². The van der Waals surface area contributed by atoms with Crippen molar-refractivity contribution in [1.82, 2.24) is 0 Å². The van der Waals surface area contributed by atoms with Crippen LogP contribution in [0.2, 0.25) is 0 Å². The number of hydrogen-bond donors (Lipinski definition) is 0. The first-order valence-corrected chi connectivity index (χ1v) is 5.93. The summed E-state index contributed by atoms with van der Waals surface area (Å²) in [5, 5.41) is 10.2. The van der Waals surface area contributed by atoms with Crippen molar-refractivity contribution in [2.75, 3.05) is 0 Å². The molecular weight excluding hydrogens is 231 g/mol. The van der Waals surface area contributed by atoms with Crippen LogP contribution in [0.25, 0.3) is 0 Å². The number of carboxylic acids is 1. The van der Waals surface area contributed by atoms with Gasteiger partial charge in [0.1, 0.15) is 6.10 Å². The first kappa shape index (κ1) is 19.3. The van der Waals surface area contributed by atoms with E-state index >= 15 is 0 Å². The number of rotatable bonds is 9. The van der Waals surface area contributed by atoms with E-state index in [1.807, 2.05) is 0 Å². The molecule has 0 radical (unpaired) electrons. The topological polar surface area (TPSA) is 66.4 Å². The number of hydrogen-bond acceptors (Lipinski definition) is 4. The molecule has 0 fully saturated rings. The molecule has 17 heavy (non-hydrogen) atoms. The summed E-state index contributed by atoms with van der Waals surface area (Å²) < 4.78 is 5.13. The van der Waals surface area contributed by atoms with Gasteiger partial charge < -0.3 is 14.6 Å². The number of esters is 1. The van der Waals surface area contributed by atoms with Gasteiger partial charge in [-0.1, -0.05) is 19.8 Å². The Kier molecular flexibility index (Phi) is 14.1. The third kappa shape index (κ3) is 13.9. The summed E-state index contributed by atoms with van der Waals surface area (Å²) in [6.45, 7) is 3.49. The Morgan fingerprint density at radius 3 is 2.24 bits per heavy atom. The zero-order valence-corrected chi connectivity index (χ0v) is 13.2. The molecule has 0 aromatic rings. The normalized spacial score (nSPS) is 11.4. The third-order valence-electron chi connectivity index (χ3n) is 2.37. The Hall–Kier alpha value is -0.0600. The standard InChI is InChI=1S/C12H22O4.Na/c1-3-4-5-7-11(16-10(2)13)8-6-9-12(14)15;/h11H,3-9H2,1-2H3,(H,14,15);/q;+1/p-1. The quantitative estimate of drug-likeness (QED) is 0.282. The van der Waals surface area contributed by atoms with Crippen molar-refractivity contribution in [1.29, 1.82) is 0 Å². The minimum atomic E-state index is -1.05. The van der Waals surface area contributed by atoms with Crippen molar-refractivity contribution in [3.63, 3.8) is 0 Å². The first-order chi connectivity index (χ1) is 7.56. The fraction of sp³-hybridized carbons (Fsp3) is 0.833. The molecule has 0 amide bonds. The van der Waals surface area contributed by atoms with Crippen LogP contribution < -0.4 is 34.7 Å². The van der Waals surface area contributed by atoms with E-state index < -0.39 is 5.97 Å². The Morgan fingerprint density at radius 2 is 1.76 bits per heavy atom. The van der Waals surface area contributed by atoms with Gasteiger partial charge >= 0.3 is 35.5 Å². The molecule has 0 aliphatic carbocycles. The smallest absolute Gasteiger partial charge is 0.550 e. The third-order valence-corrected chi connectivity index (χ3v) is 2.37. The minimum absolute atomic E-state index is 0. The Balaban J connectivity index is 0. The fourth-order valence-electron chi connectivity index (χ4n) is 1.59. The second-order valence-corrected chi connectivity index (χ2v) is 3.99. The maximum Gasteiger partial charge on any atom is 1.00 e. The van der Waals surface area contributed by atoms with E-state index in [9.17, 15) is 14.7 Å². The maximum atomic E-state index is 10.8. The predicted molar refractivity (Wildman–Crippen MR) is 58.6 cm³/mol. The average Bonchev–Trinajstić information content (AvgIpc) is 2.16. The molecule has 0 spiro atoms. The van der Waals surface area contributed by atoms with Crippen molar-refractivity contribution in [2.45, 2.75) is 64.9 Å². The number of unbranched alkanes of at least 4 members (excludes halogenated alkanes) is 2. The summed E-state index contributed by atoms with van der Waals surface area (Å²) in [5.41, 5.74) is 0. The molecule has 1 unspecified atom stereocenters. The molecule has 0 aromatic heterocycles. The molecule has 5 heteroatoms. The van der Waals surface area contributed by atoms with Crippen LogP contribution in [0.1, 0.15) is 58.8 Å². The summed E-state index contributed by atoms with van der Waals surface area (Å²) >= 11 is 0. The van der Waals surface area contributed by atoms with Crippen LogP contribution in [0.4, 0.5) is 0 Å². The molecule has 0 aliphatic rings. The van der Waals surface area contributed by atoms with Gasteiger partial charge in [0.15, 0.2) is 0 Å². The summed E-state index contributed by atoms with van der Waals surface area (Å²) in [6, 6.07) is 0. The molecule has 0 saturated heterocycles. The largest absolute Gasteiger partial charge is 1.00 e. The molecule has 94 valence electrons. The van der Waals surface area contributed by atoms with E-state index in [1.54, 1.807) is 0 Å². The number of carboxylic acid groups (broad SMARTS) is 1. The molecular formula is C12H21NaO4. The van der Waals surface area contributed by atoms with E-state index in [1.165, 1.54) is 6.92 Å². The molecule has 0 N–H and O–H groups in total. The summed E-state index contributed by atoms with van der Waals surface area (Å²) in [6.07, 6.45) is 5.07. The van der Waals surface area contributed by atoms with Crippen molar-refractivity contribution >= 4 is 11.9 Å². The van der Waals surface area contributed by atoms with Crippen LogP contribution in [0, 0.1) is 0 Å². The van der Waals surface area contributed by atoms with Gasteiger partial charge in [-0.25, -0.2) is 0 Å². The molecule has 0 rings (SSSR count). The second kappa shape index (κ2) is 12.4. The zero-order chi connectivity index (χ0) is 12.4. The van der Waals surface area contributed by atoms with E-state index in [2.05, 4.69) is 6.92 Å². The minimum Gasteiger partial charge on any atom is -0.550 e. The van der Waals surface area contributed by atoms with Gasteiger partial charge in [-0.15, -0.1) is 0 Å². The first-order valence-electron chi connectivity index (χ1n) is 5.93. The van der Waals surface area contributed by atoms with Crippen LogP contribution in [0.3, 0.4) is 0 Å². The van der Waals surface area contributed by atoms with Crippen molar-refractivity contribution in [3.05, 3.63) is 0 Å². The molecule has 1 atom stereocenters. The van der Waals surface area contributed by atoms with Crippen LogP contribution in [0.15, 0.2) is 0 Å². The van der Waals surface area contributed by atoms with Gasteiger partial charge in [0, 0.05) is 12.9 Å².